The van der Waals surface area contributed by atoms with Crippen molar-refractivity contribution < 1.29 is 0 Å². The fourth-order valence-electron chi connectivity index (χ4n) is 4.70. The zero-order valence-electron chi connectivity index (χ0n) is 19.6. The molecule has 1 aliphatic rings. The molecule has 1 aromatic heterocycles. The van der Waals surface area contributed by atoms with Crippen LogP contribution in [0.2, 0.25) is 0 Å². The van der Waals surface area contributed by atoms with Crippen molar-refractivity contribution in [3.8, 4) is 11.1 Å². The molecule has 0 amide bonds. The van der Waals surface area contributed by atoms with Crippen LogP contribution in [0.25, 0.3) is 31.3 Å². The third-order valence-electron chi connectivity index (χ3n) is 6.60. The van der Waals surface area contributed by atoms with E-state index in [1.807, 2.05) is 42.1 Å². The van der Waals surface area contributed by atoms with Crippen LogP contribution in [0, 0.1) is 0 Å². The van der Waals surface area contributed by atoms with E-state index < -0.39 is 0 Å². The van der Waals surface area contributed by atoms with Gasteiger partial charge < -0.3 is 0 Å². The van der Waals surface area contributed by atoms with Crippen LogP contribution in [0.15, 0.2) is 134 Å². The summed E-state index contributed by atoms with van der Waals surface area (Å²) >= 11 is 3.55. The van der Waals surface area contributed by atoms with Gasteiger partial charge in [0, 0.05) is 39.8 Å². The Balaban J connectivity index is 1.09. The summed E-state index contributed by atoms with van der Waals surface area (Å²) in [6.07, 6.45) is 1.000. The third-order valence-corrected chi connectivity index (χ3v) is 11.4. The largest absolute Gasteiger partial charge is 0.289 e. The first kappa shape index (κ1) is 23.2. The van der Waals surface area contributed by atoms with Gasteiger partial charge in [-0.25, -0.2) is 0 Å². The normalized spacial score (nSPS) is 12.4. The predicted octanol–water partition coefficient (Wildman–Crippen LogP) is 9.94. The molecule has 5 heteroatoms. The maximum atomic E-state index is 13.1. The Morgan fingerprint density at radius 1 is 0.568 bits per heavy atom. The molecule has 0 spiro atoms. The summed E-state index contributed by atoms with van der Waals surface area (Å²) in [6, 6.07) is 38.3. The van der Waals surface area contributed by atoms with Gasteiger partial charge in [-0.3, -0.25) is 4.79 Å². The summed E-state index contributed by atoms with van der Waals surface area (Å²) in [4.78, 5) is 18.3. The van der Waals surface area contributed by atoms with Crippen molar-refractivity contribution in [1.29, 1.82) is 0 Å². The van der Waals surface area contributed by atoms with Gasteiger partial charge in [-0.15, -0.1) is 11.3 Å². The monoisotopic (exact) mass is 548 g/mol. The molecular formula is C32H20OS4. The Kier molecular flexibility index (Phi) is 6.10. The van der Waals surface area contributed by atoms with E-state index in [2.05, 4.69) is 78.9 Å². The van der Waals surface area contributed by atoms with E-state index in [0.29, 0.717) is 0 Å². The molecule has 0 atom stereocenters. The lowest BCUT2D eigenvalue weighted by atomic mass is 10.0. The molecule has 1 nitrogen and oxygen atoms in total. The number of rotatable bonds is 4. The first-order valence-electron chi connectivity index (χ1n) is 12.0. The maximum Gasteiger partial charge on any atom is 0.195 e. The minimum Gasteiger partial charge on any atom is -0.289 e. The highest BCUT2D eigenvalue weighted by atomic mass is 33.1. The van der Waals surface area contributed by atoms with Crippen LogP contribution in [-0.2, 0) is 6.42 Å². The van der Waals surface area contributed by atoms with Crippen LogP contribution in [0.4, 0.5) is 0 Å². The van der Waals surface area contributed by atoms with Crippen LogP contribution in [0.5, 0.6) is 0 Å². The van der Waals surface area contributed by atoms with E-state index in [-0.39, 0.29) is 5.43 Å². The standard InChI is InChI=1S/C32H20OS4/c33-32-26-6-2-4-8-30(26)35-31-15-11-21(19-27(31)32)20-9-12-24(13-10-20)36-37-25-14-16-29-23(18-25)17-22-5-1-3-7-28(22)34-29/h1-16,18-19H,17H2. The average molecular weight is 549 g/mol. The van der Waals surface area contributed by atoms with Crippen molar-refractivity contribution in [3.63, 3.8) is 0 Å². The van der Waals surface area contributed by atoms with E-state index in [9.17, 15) is 4.79 Å². The minimum atomic E-state index is 0.113. The molecule has 0 unspecified atom stereocenters. The minimum absolute atomic E-state index is 0.113. The van der Waals surface area contributed by atoms with Gasteiger partial charge in [-0.05, 0) is 89.3 Å². The summed E-state index contributed by atoms with van der Waals surface area (Å²) in [5.74, 6) is 0. The molecule has 0 bridgehead atoms. The van der Waals surface area contributed by atoms with E-state index in [1.165, 1.54) is 30.7 Å². The van der Waals surface area contributed by atoms with Crippen molar-refractivity contribution in [2.45, 2.75) is 26.0 Å². The molecular weight excluding hydrogens is 529 g/mol. The van der Waals surface area contributed by atoms with Gasteiger partial charge >= 0.3 is 0 Å². The summed E-state index contributed by atoms with van der Waals surface area (Å²) in [7, 11) is 3.58. The Labute approximate surface area is 231 Å². The highest BCUT2D eigenvalue weighted by Gasteiger charge is 2.16. The highest BCUT2D eigenvalue weighted by Crippen LogP contribution is 2.43. The van der Waals surface area contributed by atoms with Gasteiger partial charge in [0.15, 0.2) is 5.43 Å². The van der Waals surface area contributed by atoms with Crippen molar-refractivity contribution in [1.82, 2.24) is 0 Å². The fraction of sp³-hybridized carbons (Fsp3) is 0.0312. The van der Waals surface area contributed by atoms with E-state index in [0.717, 1.165) is 37.7 Å². The zero-order chi connectivity index (χ0) is 24.8. The number of hydrogen-bond acceptors (Lipinski definition) is 5. The van der Waals surface area contributed by atoms with Crippen molar-refractivity contribution in [2.75, 3.05) is 0 Å². The van der Waals surface area contributed by atoms with E-state index in [1.54, 1.807) is 32.9 Å². The van der Waals surface area contributed by atoms with Gasteiger partial charge in [0.2, 0.25) is 0 Å². The number of benzene rings is 5. The summed E-state index contributed by atoms with van der Waals surface area (Å²) < 4.78 is 2.07. The lowest BCUT2D eigenvalue weighted by molar-refractivity contribution is 1.04. The molecule has 0 saturated heterocycles. The fourth-order valence-corrected chi connectivity index (χ4v) is 8.78. The van der Waals surface area contributed by atoms with Crippen LogP contribution >= 0.6 is 44.7 Å². The molecule has 178 valence electrons. The molecule has 2 heterocycles. The van der Waals surface area contributed by atoms with Gasteiger partial charge in [0.25, 0.3) is 0 Å². The lowest BCUT2D eigenvalue weighted by Crippen LogP contribution is -2.00. The van der Waals surface area contributed by atoms with Gasteiger partial charge in [-0.2, -0.15) is 0 Å². The van der Waals surface area contributed by atoms with Crippen molar-refractivity contribution in [3.05, 3.63) is 131 Å². The molecule has 0 fully saturated rings. The lowest BCUT2D eigenvalue weighted by Gasteiger charge is -2.19. The molecule has 6 aromatic rings. The Hall–Kier alpha value is -2.96. The highest BCUT2D eigenvalue weighted by molar-refractivity contribution is 8.76. The van der Waals surface area contributed by atoms with E-state index >= 15 is 0 Å². The molecule has 0 N–H and O–H groups in total. The molecule has 7 rings (SSSR count). The SMILES string of the molecule is O=c1c2ccccc2sc2ccc(-c3ccc(SSc4ccc5c(c4)Cc4ccccc4S5)cc3)cc12. The number of hydrogen-bond donors (Lipinski definition) is 0. The summed E-state index contributed by atoms with van der Waals surface area (Å²) in [5, 5.41) is 1.59. The smallest absolute Gasteiger partial charge is 0.195 e. The molecule has 0 aliphatic carbocycles. The van der Waals surface area contributed by atoms with Gasteiger partial charge in [0.1, 0.15) is 0 Å². The predicted molar refractivity (Wildman–Crippen MR) is 163 cm³/mol. The Morgan fingerprint density at radius 3 is 2.19 bits per heavy atom. The van der Waals surface area contributed by atoms with E-state index in [4.69, 9.17) is 0 Å². The second kappa shape index (κ2) is 9.73. The molecule has 37 heavy (non-hydrogen) atoms. The Morgan fingerprint density at radius 2 is 1.27 bits per heavy atom. The Bertz CT molecular complexity index is 1850. The third kappa shape index (κ3) is 4.51. The molecule has 0 radical (unpaired) electrons. The van der Waals surface area contributed by atoms with Crippen molar-refractivity contribution in [2.24, 2.45) is 0 Å². The van der Waals surface area contributed by atoms with Crippen molar-refractivity contribution >= 4 is 64.9 Å². The second-order valence-corrected chi connectivity index (χ2v) is 13.4. The molecule has 5 aromatic carbocycles. The summed E-state index contributed by atoms with van der Waals surface area (Å²) in [5.41, 5.74) is 5.13. The van der Waals surface area contributed by atoms with Crippen LogP contribution in [0.1, 0.15) is 11.1 Å². The topological polar surface area (TPSA) is 17.1 Å². The quantitative estimate of drug-likeness (QED) is 0.161. The first-order valence-corrected chi connectivity index (χ1v) is 15.8. The van der Waals surface area contributed by atoms with Crippen LogP contribution in [0.3, 0.4) is 0 Å². The summed E-state index contributed by atoms with van der Waals surface area (Å²) in [6.45, 7) is 0. The molecule has 1 aliphatic heterocycles. The second-order valence-electron chi connectivity index (χ2n) is 8.99. The average Bonchev–Trinajstić information content (AvgIpc) is 2.95. The van der Waals surface area contributed by atoms with Gasteiger partial charge in [0.05, 0.1) is 0 Å². The van der Waals surface area contributed by atoms with Crippen LogP contribution < -0.4 is 5.43 Å². The molecule has 0 saturated carbocycles. The number of fused-ring (bicyclic) bond motifs is 4. The van der Waals surface area contributed by atoms with Crippen LogP contribution in [-0.4, -0.2) is 0 Å². The maximum absolute atomic E-state index is 13.1. The van der Waals surface area contributed by atoms with Gasteiger partial charge in [-0.1, -0.05) is 81.9 Å². The zero-order valence-corrected chi connectivity index (χ0v) is 22.9. The first-order chi connectivity index (χ1) is 18.2.